The first-order valence-corrected chi connectivity index (χ1v) is 8.26. The van der Waals surface area contributed by atoms with Crippen LogP contribution < -0.4 is 10.5 Å². The highest BCUT2D eigenvalue weighted by Gasteiger charge is 2.16. The van der Waals surface area contributed by atoms with Crippen LogP contribution in [0.4, 0.5) is 5.95 Å². The van der Waals surface area contributed by atoms with E-state index in [9.17, 15) is 0 Å². The van der Waals surface area contributed by atoms with Gasteiger partial charge in [0.05, 0.1) is 12.0 Å². The van der Waals surface area contributed by atoms with Crippen molar-refractivity contribution in [2.75, 3.05) is 12.3 Å². The second kappa shape index (κ2) is 5.95. The standard InChI is InChI=1S/C15H21N3OS/c1-2-11-8-12-13(17-15(16)18-14(12)20-11)19-9-10-6-4-3-5-7-10/h8,10H,2-7,9H2,1H3,(H2,16,17,18). The Morgan fingerprint density at radius 3 is 2.85 bits per heavy atom. The predicted octanol–water partition coefficient (Wildman–Crippen LogP) is 3.80. The van der Waals surface area contributed by atoms with Crippen LogP contribution >= 0.6 is 11.3 Å². The van der Waals surface area contributed by atoms with Crippen LogP contribution in [0, 0.1) is 5.92 Å². The summed E-state index contributed by atoms with van der Waals surface area (Å²) in [4.78, 5) is 10.8. The molecule has 3 rings (SSSR count). The summed E-state index contributed by atoms with van der Waals surface area (Å²) in [5.74, 6) is 1.63. The van der Waals surface area contributed by atoms with Crippen molar-refractivity contribution in [2.45, 2.75) is 45.4 Å². The molecule has 0 saturated heterocycles. The van der Waals surface area contributed by atoms with E-state index in [-0.39, 0.29) is 0 Å². The van der Waals surface area contributed by atoms with Crippen molar-refractivity contribution in [1.29, 1.82) is 0 Å². The normalized spacial score (nSPS) is 16.6. The summed E-state index contributed by atoms with van der Waals surface area (Å²) in [5, 5.41) is 1.01. The number of fused-ring (bicyclic) bond motifs is 1. The molecule has 1 saturated carbocycles. The number of anilines is 1. The van der Waals surface area contributed by atoms with Crippen molar-refractivity contribution in [3.63, 3.8) is 0 Å². The minimum absolute atomic E-state index is 0.306. The summed E-state index contributed by atoms with van der Waals surface area (Å²) in [6.07, 6.45) is 7.57. The average molecular weight is 291 g/mol. The molecule has 20 heavy (non-hydrogen) atoms. The lowest BCUT2D eigenvalue weighted by Gasteiger charge is -2.21. The van der Waals surface area contributed by atoms with Gasteiger partial charge in [0.2, 0.25) is 11.8 Å². The maximum atomic E-state index is 5.97. The van der Waals surface area contributed by atoms with Crippen LogP contribution in [-0.4, -0.2) is 16.6 Å². The van der Waals surface area contributed by atoms with Crippen molar-refractivity contribution < 1.29 is 4.74 Å². The highest BCUT2D eigenvalue weighted by atomic mass is 32.1. The molecule has 1 fully saturated rings. The van der Waals surface area contributed by atoms with Crippen LogP contribution in [-0.2, 0) is 6.42 Å². The number of hydrogen-bond acceptors (Lipinski definition) is 5. The maximum Gasteiger partial charge on any atom is 0.227 e. The van der Waals surface area contributed by atoms with Gasteiger partial charge in [-0.3, -0.25) is 0 Å². The topological polar surface area (TPSA) is 61.0 Å². The lowest BCUT2D eigenvalue weighted by atomic mass is 9.90. The molecule has 108 valence electrons. The van der Waals surface area contributed by atoms with Crippen LogP contribution in [0.5, 0.6) is 5.88 Å². The number of nitrogen functional groups attached to an aromatic ring is 1. The minimum Gasteiger partial charge on any atom is -0.477 e. The summed E-state index contributed by atoms with van der Waals surface area (Å²) in [5.41, 5.74) is 5.79. The Labute approximate surface area is 123 Å². The third-order valence-corrected chi connectivity index (χ3v) is 5.13. The molecular formula is C15H21N3OS. The molecule has 0 amide bonds. The van der Waals surface area contributed by atoms with Crippen molar-refractivity contribution >= 4 is 27.5 Å². The zero-order valence-corrected chi connectivity index (χ0v) is 12.7. The van der Waals surface area contributed by atoms with E-state index in [0.717, 1.165) is 23.2 Å². The Kier molecular flexibility index (Phi) is 4.05. The summed E-state index contributed by atoms with van der Waals surface area (Å²) in [6, 6.07) is 2.13. The molecule has 2 aromatic heterocycles. The average Bonchev–Trinajstić information content (AvgIpc) is 2.88. The largest absolute Gasteiger partial charge is 0.477 e. The van der Waals surface area contributed by atoms with Gasteiger partial charge in [0.25, 0.3) is 0 Å². The molecule has 4 nitrogen and oxygen atoms in total. The fourth-order valence-corrected chi connectivity index (χ4v) is 3.76. The first kappa shape index (κ1) is 13.6. The lowest BCUT2D eigenvalue weighted by Crippen LogP contribution is -2.16. The van der Waals surface area contributed by atoms with Gasteiger partial charge >= 0.3 is 0 Å². The van der Waals surface area contributed by atoms with Gasteiger partial charge in [-0.15, -0.1) is 11.3 Å². The Morgan fingerprint density at radius 1 is 1.30 bits per heavy atom. The van der Waals surface area contributed by atoms with Gasteiger partial charge in [0, 0.05) is 4.88 Å². The van der Waals surface area contributed by atoms with Gasteiger partial charge in [-0.2, -0.15) is 4.98 Å². The molecule has 1 aliphatic carbocycles. The van der Waals surface area contributed by atoms with E-state index in [4.69, 9.17) is 10.5 Å². The van der Waals surface area contributed by atoms with Crippen LogP contribution in [0.1, 0.15) is 43.9 Å². The molecular weight excluding hydrogens is 270 g/mol. The van der Waals surface area contributed by atoms with Crippen LogP contribution in [0.25, 0.3) is 10.2 Å². The molecule has 0 unspecified atom stereocenters. The summed E-state index contributed by atoms with van der Waals surface area (Å²) >= 11 is 1.68. The molecule has 5 heteroatoms. The van der Waals surface area contributed by atoms with E-state index < -0.39 is 0 Å². The number of nitrogens with zero attached hydrogens (tertiary/aromatic N) is 2. The number of hydrogen-bond donors (Lipinski definition) is 1. The summed E-state index contributed by atoms with van der Waals surface area (Å²) in [7, 11) is 0. The van der Waals surface area contributed by atoms with E-state index in [1.54, 1.807) is 11.3 Å². The van der Waals surface area contributed by atoms with Gasteiger partial charge in [-0.1, -0.05) is 26.2 Å². The molecule has 1 aliphatic rings. The number of nitrogens with two attached hydrogens (primary N) is 1. The van der Waals surface area contributed by atoms with Crippen LogP contribution in [0.2, 0.25) is 0 Å². The SMILES string of the molecule is CCc1cc2c(OCC3CCCCC3)nc(N)nc2s1. The second-order valence-electron chi connectivity index (χ2n) is 5.49. The number of aryl methyl sites for hydroxylation is 1. The fourth-order valence-electron chi connectivity index (χ4n) is 2.80. The first-order chi connectivity index (χ1) is 9.76. The second-order valence-corrected chi connectivity index (χ2v) is 6.60. The van der Waals surface area contributed by atoms with Gasteiger partial charge in [-0.25, -0.2) is 4.98 Å². The van der Waals surface area contributed by atoms with Crippen molar-refractivity contribution in [1.82, 2.24) is 9.97 Å². The van der Waals surface area contributed by atoms with Crippen molar-refractivity contribution in [3.8, 4) is 5.88 Å². The molecule has 0 aliphatic heterocycles. The van der Waals surface area contributed by atoms with Crippen molar-refractivity contribution in [3.05, 3.63) is 10.9 Å². The Bertz CT molecular complexity index is 590. The monoisotopic (exact) mass is 291 g/mol. The Morgan fingerprint density at radius 2 is 2.10 bits per heavy atom. The van der Waals surface area contributed by atoms with E-state index in [0.29, 0.717) is 17.7 Å². The number of ether oxygens (including phenoxy) is 1. The molecule has 0 spiro atoms. The zero-order chi connectivity index (χ0) is 13.9. The van der Waals surface area contributed by atoms with Gasteiger partial charge in [-0.05, 0) is 31.2 Å². The fraction of sp³-hybridized carbons (Fsp3) is 0.600. The van der Waals surface area contributed by atoms with Gasteiger partial charge in [0.15, 0.2) is 0 Å². The third kappa shape index (κ3) is 2.87. The highest BCUT2D eigenvalue weighted by molar-refractivity contribution is 7.18. The highest BCUT2D eigenvalue weighted by Crippen LogP contribution is 2.32. The van der Waals surface area contributed by atoms with Gasteiger partial charge < -0.3 is 10.5 Å². The zero-order valence-electron chi connectivity index (χ0n) is 11.9. The Balaban J connectivity index is 1.80. The molecule has 0 atom stereocenters. The van der Waals surface area contributed by atoms with E-state index in [1.165, 1.54) is 37.0 Å². The quantitative estimate of drug-likeness (QED) is 0.931. The van der Waals surface area contributed by atoms with Gasteiger partial charge in [0.1, 0.15) is 4.83 Å². The minimum atomic E-state index is 0.306. The predicted molar refractivity (Wildman–Crippen MR) is 83.3 cm³/mol. The van der Waals surface area contributed by atoms with Crippen LogP contribution in [0.15, 0.2) is 6.07 Å². The Hall–Kier alpha value is -1.36. The lowest BCUT2D eigenvalue weighted by molar-refractivity contribution is 0.205. The molecule has 2 aromatic rings. The van der Waals surface area contributed by atoms with E-state index in [1.807, 2.05) is 0 Å². The van der Waals surface area contributed by atoms with Crippen LogP contribution in [0.3, 0.4) is 0 Å². The third-order valence-electron chi connectivity index (χ3n) is 3.96. The smallest absolute Gasteiger partial charge is 0.227 e. The molecule has 0 aromatic carbocycles. The van der Waals surface area contributed by atoms with E-state index in [2.05, 4.69) is 23.0 Å². The molecule has 2 N–H and O–H groups in total. The number of rotatable bonds is 4. The maximum absolute atomic E-state index is 5.97. The molecule has 0 radical (unpaired) electrons. The van der Waals surface area contributed by atoms with E-state index >= 15 is 0 Å². The summed E-state index contributed by atoms with van der Waals surface area (Å²) < 4.78 is 5.97. The van der Waals surface area contributed by atoms with Crippen molar-refractivity contribution in [2.24, 2.45) is 5.92 Å². The number of thiophene rings is 1. The molecule has 0 bridgehead atoms. The summed E-state index contributed by atoms with van der Waals surface area (Å²) in [6.45, 7) is 2.90. The number of aromatic nitrogens is 2. The first-order valence-electron chi connectivity index (χ1n) is 7.45. The molecule has 2 heterocycles.